The first-order chi connectivity index (χ1) is 6.99. The van der Waals surface area contributed by atoms with Gasteiger partial charge in [-0.2, -0.15) is 0 Å². The summed E-state index contributed by atoms with van der Waals surface area (Å²) in [5.41, 5.74) is 0. The standard InChI is InChI=1S/C10H19NO3S/c1-6(2)13-8(4)14-10(12)9-5-15-7(3)11-9/h6-9,11H,5H2,1-4H3. The smallest absolute Gasteiger partial charge is 0.326 e. The summed E-state index contributed by atoms with van der Waals surface area (Å²) in [4.78, 5) is 11.6. The molecule has 1 aliphatic rings. The highest BCUT2D eigenvalue weighted by atomic mass is 32.2. The van der Waals surface area contributed by atoms with Gasteiger partial charge in [-0.15, -0.1) is 11.8 Å². The topological polar surface area (TPSA) is 47.6 Å². The van der Waals surface area contributed by atoms with Crippen LogP contribution >= 0.6 is 11.8 Å². The van der Waals surface area contributed by atoms with Gasteiger partial charge >= 0.3 is 5.97 Å². The molecule has 3 unspecified atom stereocenters. The number of carbonyl (C=O) groups is 1. The van der Waals surface area contributed by atoms with Gasteiger partial charge in [-0.1, -0.05) is 0 Å². The first-order valence-electron chi connectivity index (χ1n) is 5.22. The Bertz CT molecular complexity index is 223. The normalized spacial score (nSPS) is 28.1. The molecule has 1 saturated heterocycles. The minimum Gasteiger partial charge on any atom is -0.435 e. The van der Waals surface area contributed by atoms with Crippen molar-refractivity contribution in [2.24, 2.45) is 0 Å². The van der Waals surface area contributed by atoms with E-state index in [4.69, 9.17) is 9.47 Å². The summed E-state index contributed by atoms with van der Waals surface area (Å²) in [6.45, 7) is 7.60. The number of hydrogen-bond acceptors (Lipinski definition) is 5. The fraction of sp³-hybridized carbons (Fsp3) is 0.900. The van der Waals surface area contributed by atoms with Crippen LogP contribution in [-0.4, -0.2) is 35.5 Å². The van der Waals surface area contributed by atoms with Gasteiger partial charge < -0.3 is 9.47 Å². The van der Waals surface area contributed by atoms with Gasteiger partial charge in [0.1, 0.15) is 6.04 Å². The predicted octanol–water partition coefficient (Wildman–Crippen LogP) is 1.35. The van der Waals surface area contributed by atoms with Crippen LogP contribution < -0.4 is 5.32 Å². The maximum absolute atomic E-state index is 11.6. The lowest BCUT2D eigenvalue weighted by molar-refractivity contribution is -0.183. The van der Waals surface area contributed by atoms with Crippen molar-refractivity contribution in [3.05, 3.63) is 0 Å². The SMILES string of the molecule is CC(C)OC(C)OC(=O)C1CSC(C)N1. The maximum atomic E-state index is 11.6. The molecule has 0 aromatic carbocycles. The number of nitrogens with one attached hydrogen (secondary N) is 1. The Morgan fingerprint density at radius 3 is 2.60 bits per heavy atom. The molecule has 0 aromatic heterocycles. The summed E-state index contributed by atoms with van der Waals surface area (Å²) in [5.74, 6) is 0.550. The van der Waals surface area contributed by atoms with E-state index in [1.165, 1.54) is 0 Å². The van der Waals surface area contributed by atoms with Crippen LogP contribution in [0, 0.1) is 0 Å². The van der Waals surface area contributed by atoms with Crippen LogP contribution in [0.25, 0.3) is 0 Å². The fourth-order valence-electron chi connectivity index (χ4n) is 1.41. The molecule has 88 valence electrons. The summed E-state index contributed by atoms with van der Waals surface area (Å²) in [6, 6.07) is -0.191. The molecule has 0 spiro atoms. The second kappa shape index (κ2) is 5.72. The number of rotatable bonds is 4. The van der Waals surface area contributed by atoms with Gasteiger partial charge in [0.25, 0.3) is 0 Å². The number of hydrogen-bond donors (Lipinski definition) is 1. The summed E-state index contributed by atoms with van der Waals surface area (Å²) >= 11 is 1.72. The fourth-order valence-corrected chi connectivity index (χ4v) is 2.39. The second-order valence-electron chi connectivity index (χ2n) is 3.88. The molecule has 0 aromatic rings. The second-order valence-corrected chi connectivity index (χ2v) is 5.26. The third-order valence-corrected chi connectivity index (χ3v) is 3.14. The summed E-state index contributed by atoms with van der Waals surface area (Å²) in [6.07, 6.45) is -0.405. The molecule has 1 rings (SSSR count). The van der Waals surface area contributed by atoms with Gasteiger partial charge in [0.05, 0.1) is 11.5 Å². The van der Waals surface area contributed by atoms with E-state index < -0.39 is 6.29 Å². The molecule has 0 amide bonds. The lowest BCUT2D eigenvalue weighted by Crippen LogP contribution is -2.39. The van der Waals surface area contributed by atoms with Crippen LogP contribution in [0.1, 0.15) is 27.7 Å². The predicted molar refractivity (Wildman–Crippen MR) is 60.6 cm³/mol. The Morgan fingerprint density at radius 2 is 2.13 bits per heavy atom. The molecule has 1 aliphatic heterocycles. The van der Waals surface area contributed by atoms with Gasteiger partial charge in [-0.25, -0.2) is 0 Å². The van der Waals surface area contributed by atoms with Crippen molar-refractivity contribution in [3.8, 4) is 0 Å². The van der Waals surface area contributed by atoms with Crippen LogP contribution in [0.4, 0.5) is 0 Å². The molecule has 3 atom stereocenters. The number of carbonyl (C=O) groups excluding carboxylic acids is 1. The van der Waals surface area contributed by atoms with Crippen molar-refractivity contribution in [2.75, 3.05) is 5.75 Å². The lowest BCUT2D eigenvalue weighted by Gasteiger charge is -2.18. The van der Waals surface area contributed by atoms with Crippen LogP contribution in [0.3, 0.4) is 0 Å². The molecule has 1 N–H and O–H groups in total. The van der Waals surface area contributed by atoms with Gasteiger partial charge in [-0.3, -0.25) is 10.1 Å². The summed E-state index contributed by atoms with van der Waals surface area (Å²) in [5, 5.41) is 3.47. The first kappa shape index (κ1) is 12.8. The highest BCUT2D eigenvalue weighted by molar-refractivity contribution is 8.00. The van der Waals surface area contributed by atoms with E-state index in [0.717, 1.165) is 5.75 Å². The molecule has 1 fully saturated rings. The molecule has 5 heteroatoms. The van der Waals surface area contributed by atoms with Crippen molar-refractivity contribution >= 4 is 17.7 Å². The molecule has 0 aliphatic carbocycles. The van der Waals surface area contributed by atoms with Crippen LogP contribution in [0.5, 0.6) is 0 Å². The first-order valence-corrected chi connectivity index (χ1v) is 6.27. The van der Waals surface area contributed by atoms with E-state index in [0.29, 0.717) is 5.37 Å². The van der Waals surface area contributed by atoms with Crippen molar-refractivity contribution < 1.29 is 14.3 Å². The lowest BCUT2D eigenvalue weighted by atomic mass is 10.3. The average Bonchev–Trinajstić information content (AvgIpc) is 2.49. The molecular formula is C10H19NO3S. The zero-order valence-corrected chi connectivity index (χ0v) is 10.5. The molecule has 0 saturated carbocycles. The Balaban J connectivity index is 2.29. The quantitative estimate of drug-likeness (QED) is 0.587. The van der Waals surface area contributed by atoms with Crippen LogP contribution in [0.15, 0.2) is 0 Å². The van der Waals surface area contributed by atoms with Gasteiger partial charge in [-0.05, 0) is 27.7 Å². The van der Waals surface area contributed by atoms with E-state index in [1.54, 1.807) is 18.7 Å². The molecule has 1 heterocycles. The maximum Gasteiger partial charge on any atom is 0.326 e. The van der Waals surface area contributed by atoms with E-state index in [-0.39, 0.29) is 18.1 Å². The Labute approximate surface area is 95.1 Å². The largest absolute Gasteiger partial charge is 0.435 e. The third kappa shape index (κ3) is 4.40. The van der Waals surface area contributed by atoms with Gasteiger partial charge in [0.2, 0.25) is 0 Å². The number of thioether (sulfide) groups is 1. The number of ether oxygens (including phenoxy) is 2. The van der Waals surface area contributed by atoms with Gasteiger partial charge in [0, 0.05) is 5.75 Å². The van der Waals surface area contributed by atoms with E-state index in [9.17, 15) is 4.79 Å². The molecule has 4 nitrogen and oxygen atoms in total. The minimum absolute atomic E-state index is 0.0673. The van der Waals surface area contributed by atoms with Crippen molar-refractivity contribution in [3.63, 3.8) is 0 Å². The summed E-state index contributed by atoms with van der Waals surface area (Å²) in [7, 11) is 0. The average molecular weight is 233 g/mol. The molecule has 0 radical (unpaired) electrons. The van der Waals surface area contributed by atoms with E-state index >= 15 is 0 Å². The molecule has 0 bridgehead atoms. The Kier molecular flexibility index (Phi) is 4.89. The monoisotopic (exact) mass is 233 g/mol. The summed E-state index contributed by atoms with van der Waals surface area (Å²) < 4.78 is 10.5. The van der Waals surface area contributed by atoms with E-state index in [1.807, 2.05) is 20.8 Å². The van der Waals surface area contributed by atoms with Crippen LogP contribution in [0.2, 0.25) is 0 Å². The Morgan fingerprint density at radius 1 is 1.47 bits per heavy atom. The zero-order chi connectivity index (χ0) is 11.4. The minimum atomic E-state index is -0.472. The third-order valence-electron chi connectivity index (χ3n) is 1.98. The van der Waals surface area contributed by atoms with Gasteiger partial charge in [0.15, 0.2) is 6.29 Å². The van der Waals surface area contributed by atoms with Crippen molar-refractivity contribution in [1.29, 1.82) is 0 Å². The molecule has 15 heavy (non-hydrogen) atoms. The number of esters is 1. The highest BCUT2D eigenvalue weighted by Crippen LogP contribution is 2.19. The van der Waals surface area contributed by atoms with E-state index in [2.05, 4.69) is 5.32 Å². The van der Waals surface area contributed by atoms with Crippen molar-refractivity contribution in [1.82, 2.24) is 5.32 Å². The van der Waals surface area contributed by atoms with Crippen LogP contribution in [-0.2, 0) is 14.3 Å². The highest BCUT2D eigenvalue weighted by Gasteiger charge is 2.29. The zero-order valence-electron chi connectivity index (χ0n) is 9.65. The van der Waals surface area contributed by atoms with Crippen molar-refractivity contribution in [2.45, 2.75) is 51.5 Å². The Hall–Kier alpha value is -0.260. The molecular weight excluding hydrogens is 214 g/mol.